The topological polar surface area (TPSA) is 69.6 Å². The van der Waals surface area contributed by atoms with Crippen molar-refractivity contribution in [1.82, 2.24) is 5.32 Å². The summed E-state index contributed by atoms with van der Waals surface area (Å²) in [6.07, 6.45) is 4.81. The Labute approximate surface area is 123 Å². The molecule has 3 rings (SSSR count). The highest BCUT2D eigenvalue weighted by Crippen LogP contribution is 2.29. The molecule has 1 unspecified atom stereocenters. The summed E-state index contributed by atoms with van der Waals surface area (Å²) in [5, 5.41) is 12.4. The Kier molecular flexibility index (Phi) is 3.92. The number of carbonyl (C=O) groups excluding carboxylic acids is 1. The number of carboxylic acid groups (broad SMARTS) is 1. The van der Waals surface area contributed by atoms with Gasteiger partial charge in [0.25, 0.3) is 0 Å². The Bertz CT molecular complexity index is 565. The van der Waals surface area contributed by atoms with Crippen LogP contribution in [0.2, 0.25) is 0 Å². The Balaban J connectivity index is 1.86. The van der Waals surface area contributed by atoms with E-state index in [-0.39, 0.29) is 11.9 Å². The molecule has 0 spiro atoms. The fraction of sp³-hybridized carbons (Fsp3) is 0.500. The molecule has 1 atom stereocenters. The van der Waals surface area contributed by atoms with Crippen molar-refractivity contribution in [1.29, 1.82) is 0 Å². The predicted molar refractivity (Wildman–Crippen MR) is 79.7 cm³/mol. The number of nitrogens with one attached hydrogen (secondary N) is 1. The minimum Gasteiger partial charge on any atom is -0.478 e. The van der Waals surface area contributed by atoms with Crippen LogP contribution in [0.15, 0.2) is 18.2 Å². The molecule has 112 valence electrons. The van der Waals surface area contributed by atoms with Gasteiger partial charge in [-0.05, 0) is 56.0 Å². The van der Waals surface area contributed by atoms with Crippen LogP contribution < -0.4 is 10.2 Å². The van der Waals surface area contributed by atoms with Gasteiger partial charge in [0.2, 0.25) is 5.91 Å². The van der Waals surface area contributed by atoms with E-state index in [1.54, 1.807) is 18.2 Å². The molecule has 0 aliphatic carbocycles. The van der Waals surface area contributed by atoms with Crippen molar-refractivity contribution >= 4 is 17.6 Å². The summed E-state index contributed by atoms with van der Waals surface area (Å²) in [5.41, 5.74) is 2.13. The molecule has 1 aromatic carbocycles. The summed E-state index contributed by atoms with van der Waals surface area (Å²) in [6.45, 7) is 1.62. The van der Waals surface area contributed by atoms with Crippen molar-refractivity contribution in [2.24, 2.45) is 0 Å². The molecule has 1 saturated heterocycles. The van der Waals surface area contributed by atoms with Crippen molar-refractivity contribution in [3.63, 3.8) is 0 Å². The molecule has 0 aromatic heterocycles. The quantitative estimate of drug-likeness (QED) is 0.870. The monoisotopic (exact) mass is 288 g/mol. The number of anilines is 1. The molecule has 5 nitrogen and oxygen atoms in total. The Morgan fingerprint density at radius 2 is 2.10 bits per heavy atom. The van der Waals surface area contributed by atoms with Crippen molar-refractivity contribution in [3.05, 3.63) is 29.3 Å². The molecule has 21 heavy (non-hydrogen) atoms. The summed E-state index contributed by atoms with van der Waals surface area (Å²) in [5.74, 6) is -0.797. The van der Waals surface area contributed by atoms with Crippen molar-refractivity contribution in [2.45, 2.75) is 38.1 Å². The molecule has 0 saturated carbocycles. The van der Waals surface area contributed by atoms with Gasteiger partial charge in [-0.25, -0.2) is 4.79 Å². The van der Waals surface area contributed by atoms with Crippen molar-refractivity contribution in [3.8, 4) is 0 Å². The summed E-state index contributed by atoms with van der Waals surface area (Å²) >= 11 is 0. The molecule has 2 N–H and O–H groups in total. The number of fused-ring (bicyclic) bond motifs is 1. The minimum absolute atomic E-state index is 0.0937. The number of amides is 1. The van der Waals surface area contributed by atoms with Crippen LogP contribution in [-0.2, 0) is 11.2 Å². The molecule has 0 bridgehead atoms. The molecule has 2 aliphatic rings. The first-order chi connectivity index (χ1) is 10.2. The third-order valence-electron chi connectivity index (χ3n) is 4.32. The van der Waals surface area contributed by atoms with E-state index in [9.17, 15) is 9.59 Å². The Morgan fingerprint density at radius 3 is 2.81 bits per heavy atom. The zero-order chi connectivity index (χ0) is 14.8. The molecule has 5 heteroatoms. The number of hydrogen-bond donors (Lipinski definition) is 2. The molecular formula is C16H20N2O3. The number of carbonyl (C=O) groups is 2. The van der Waals surface area contributed by atoms with Crippen LogP contribution in [0.25, 0.3) is 0 Å². The maximum absolute atomic E-state index is 12.7. The largest absolute Gasteiger partial charge is 0.478 e. The lowest BCUT2D eigenvalue weighted by Gasteiger charge is -2.34. The summed E-state index contributed by atoms with van der Waals surface area (Å²) < 4.78 is 0. The van der Waals surface area contributed by atoms with Gasteiger partial charge in [-0.1, -0.05) is 6.42 Å². The highest BCUT2D eigenvalue weighted by molar-refractivity contribution is 5.99. The number of rotatable bonds is 2. The molecule has 0 radical (unpaired) electrons. The highest BCUT2D eigenvalue weighted by Gasteiger charge is 2.29. The predicted octanol–water partition coefficient (Wildman–Crippen LogP) is 1.81. The lowest BCUT2D eigenvalue weighted by molar-refractivity contribution is -0.121. The lowest BCUT2D eigenvalue weighted by atomic mass is 9.97. The maximum Gasteiger partial charge on any atom is 0.335 e. The zero-order valence-electron chi connectivity index (χ0n) is 12.0. The third-order valence-corrected chi connectivity index (χ3v) is 4.32. The lowest BCUT2D eigenvalue weighted by Crippen LogP contribution is -2.50. The number of aromatic carboxylic acids is 1. The van der Waals surface area contributed by atoms with Crippen LogP contribution in [0.1, 0.15) is 41.6 Å². The molecule has 2 heterocycles. The molecule has 1 fully saturated rings. The second-order valence-corrected chi connectivity index (χ2v) is 5.74. The smallest absolute Gasteiger partial charge is 0.335 e. The van der Waals surface area contributed by atoms with E-state index in [1.165, 1.54) is 0 Å². The van der Waals surface area contributed by atoms with Gasteiger partial charge >= 0.3 is 5.97 Å². The van der Waals surface area contributed by atoms with E-state index >= 15 is 0 Å². The molecular weight excluding hydrogens is 268 g/mol. The minimum atomic E-state index is -0.921. The van der Waals surface area contributed by atoms with E-state index in [0.29, 0.717) is 5.56 Å². The average Bonchev–Trinajstić information content (AvgIpc) is 2.54. The van der Waals surface area contributed by atoms with Crippen molar-refractivity contribution in [2.75, 3.05) is 18.0 Å². The van der Waals surface area contributed by atoms with Gasteiger partial charge in [-0.3, -0.25) is 4.79 Å². The van der Waals surface area contributed by atoms with Crippen LogP contribution >= 0.6 is 0 Å². The van der Waals surface area contributed by atoms with Crippen LogP contribution in [-0.4, -0.2) is 36.1 Å². The van der Waals surface area contributed by atoms with Crippen molar-refractivity contribution < 1.29 is 14.7 Å². The number of nitrogens with zero attached hydrogens (tertiary/aromatic N) is 1. The molecule has 2 aliphatic heterocycles. The zero-order valence-corrected chi connectivity index (χ0v) is 12.0. The van der Waals surface area contributed by atoms with Crippen LogP contribution in [0, 0.1) is 0 Å². The Hall–Kier alpha value is -1.88. The highest BCUT2D eigenvalue weighted by atomic mass is 16.4. The standard InChI is InChI=1S/C16H20N2O3/c19-15(13-5-1-2-8-17-13)18-9-3-4-11-10-12(16(20)21)6-7-14(11)18/h6-7,10,13,17H,1-5,8-9H2,(H,20,21). The first-order valence-electron chi connectivity index (χ1n) is 7.58. The summed E-state index contributed by atoms with van der Waals surface area (Å²) in [6, 6.07) is 4.97. The van der Waals surface area contributed by atoms with Crippen LogP contribution in [0.5, 0.6) is 0 Å². The van der Waals surface area contributed by atoms with E-state index < -0.39 is 5.97 Å². The van der Waals surface area contributed by atoms with E-state index in [1.807, 2.05) is 4.90 Å². The number of aryl methyl sites for hydroxylation is 1. The van der Waals surface area contributed by atoms with Gasteiger partial charge in [-0.2, -0.15) is 0 Å². The summed E-state index contributed by atoms with van der Waals surface area (Å²) in [7, 11) is 0. The second-order valence-electron chi connectivity index (χ2n) is 5.74. The normalized spacial score (nSPS) is 21.7. The average molecular weight is 288 g/mol. The molecule has 1 amide bonds. The van der Waals surface area contributed by atoms with Gasteiger partial charge in [-0.15, -0.1) is 0 Å². The van der Waals surface area contributed by atoms with E-state index in [4.69, 9.17) is 5.11 Å². The van der Waals surface area contributed by atoms with Crippen LogP contribution in [0.4, 0.5) is 5.69 Å². The number of piperidine rings is 1. The van der Waals surface area contributed by atoms with E-state index in [0.717, 1.165) is 56.4 Å². The fourth-order valence-electron chi connectivity index (χ4n) is 3.21. The van der Waals surface area contributed by atoms with Gasteiger partial charge in [0.15, 0.2) is 0 Å². The van der Waals surface area contributed by atoms with Gasteiger partial charge in [0.05, 0.1) is 11.6 Å². The van der Waals surface area contributed by atoms with Gasteiger partial charge in [0.1, 0.15) is 0 Å². The fourth-order valence-corrected chi connectivity index (χ4v) is 3.21. The maximum atomic E-state index is 12.7. The SMILES string of the molecule is O=C(O)c1ccc2c(c1)CCCN2C(=O)C1CCCCN1. The number of carboxylic acids is 1. The third kappa shape index (κ3) is 2.78. The van der Waals surface area contributed by atoms with Gasteiger partial charge < -0.3 is 15.3 Å². The first-order valence-corrected chi connectivity index (χ1v) is 7.58. The molecule has 1 aromatic rings. The Morgan fingerprint density at radius 1 is 1.24 bits per heavy atom. The van der Waals surface area contributed by atoms with E-state index in [2.05, 4.69) is 5.32 Å². The number of hydrogen-bond acceptors (Lipinski definition) is 3. The van der Waals surface area contributed by atoms with Crippen LogP contribution in [0.3, 0.4) is 0 Å². The number of benzene rings is 1. The summed E-state index contributed by atoms with van der Waals surface area (Å²) in [4.78, 5) is 25.6. The first kappa shape index (κ1) is 14.1. The second kappa shape index (κ2) is 5.85. The van der Waals surface area contributed by atoms with Gasteiger partial charge in [0, 0.05) is 12.2 Å².